The fourth-order valence-electron chi connectivity index (χ4n) is 2.54. The molecule has 0 aliphatic carbocycles. The Hall–Kier alpha value is -3.88. The van der Waals surface area contributed by atoms with Crippen molar-refractivity contribution in [2.75, 3.05) is 25.6 Å². The third-order valence-corrected chi connectivity index (χ3v) is 4.28. The van der Waals surface area contributed by atoms with Gasteiger partial charge in [-0.3, -0.25) is 14.4 Å². The Labute approximate surface area is 187 Å². The first-order valence-corrected chi connectivity index (χ1v) is 10.2. The van der Waals surface area contributed by atoms with Gasteiger partial charge >= 0.3 is 11.8 Å². The molecule has 0 radical (unpaired) electrons. The van der Waals surface area contributed by atoms with Gasteiger partial charge in [0.15, 0.2) is 18.1 Å². The number of amides is 3. The molecule has 0 spiro atoms. The summed E-state index contributed by atoms with van der Waals surface area (Å²) in [6.45, 7) is 4.20. The monoisotopic (exact) mass is 440 g/mol. The highest BCUT2D eigenvalue weighted by Gasteiger charge is 2.12. The smallest absolute Gasteiger partial charge is 0.329 e. The van der Waals surface area contributed by atoms with Crippen molar-refractivity contribution < 1.29 is 23.9 Å². The molecule has 0 aliphatic heterocycles. The van der Waals surface area contributed by atoms with E-state index in [0.29, 0.717) is 29.3 Å². The number of ether oxygens (including phenoxy) is 2. The Bertz CT molecular complexity index is 957. The maximum atomic E-state index is 12.1. The Balaban J connectivity index is 1.87. The third kappa shape index (κ3) is 8.10. The second-order valence-corrected chi connectivity index (χ2v) is 6.92. The average Bonchev–Trinajstić information content (AvgIpc) is 2.79. The fourth-order valence-corrected chi connectivity index (χ4v) is 2.54. The number of anilines is 1. The van der Waals surface area contributed by atoms with Crippen LogP contribution in [0.4, 0.5) is 5.69 Å². The number of unbranched alkanes of at least 4 members (excludes halogenated alkanes) is 1. The molecule has 3 amide bonds. The van der Waals surface area contributed by atoms with Crippen molar-refractivity contribution in [2.45, 2.75) is 26.7 Å². The van der Waals surface area contributed by atoms with Gasteiger partial charge in [0.2, 0.25) is 0 Å². The van der Waals surface area contributed by atoms with Crippen molar-refractivity contribution in [3.8, 4) is 11.5 Å². The molecule has 0 atom stereocenters. The van der Waals surface area contributed by atoms with Crippen LogP contribution in [0.1, 0.15) is 30.9 Å². The molecule has 0 heterocycles. The van der Waals surface area contributed by atoms with Crippen molar-refractivity contribution in [1.82, 2.24) is 10.7 Å². The molecule has 0 unspecified atom stereocenters. The topological polar surface area (TPSA) is 118 Å². The van der Waals surface area contributed by atoms with E-state index in [1.807, 2.05) is 38.1 Å². The lowest BCUT2D eigenvalue weighted by atomic mass is 10.2. The number of methoxy groups -OCH3 is 1. The quantitative estimate of drug-likeness (QED) is 0.227. The molecule has 0 saturated heterocycles. The van der Waals surface area contributed by atoms with Crippen molar-refractivity contribution in [3.63, 3.8) is 0 Å². The van der Waals surface area contributed by atoms with Gasteiger partial charge in [-0.05, 0) is 49.2 Å². The van der Waals surface area contributed by atoms with Crippen LogP contribution in [0.2, 0.25) is 0 Å². The first kappa shape index (κ1) is 24.4. The van der Waals surface area contributed by atoms with Crippen LogP contribution in [0.25, 0.3) is 0 Å². The maximum absolute atomic E-state index is 12.1. The average molecular weight is 441 g/mol. The minimum absolute atomic E-state index is 0.194. The van der Waals surface area contributed by atoms with Gasteiger partial charge in [-0.25, -0.2) is 5.43 Å². The van der Waals surface area contributed by atoms with Crippen LogP contribution in [0.5, 0.6) is 11.5 Å². The predicted molar refractivity (Wildman–Crippen MR) is 122 cm³/mol. The number of aryl methyl sites for hydroxylation is 1. The van der Waals surface area contributed by atoms with Crippen LogP contribution in [-0.4, -0.2) is 44.2 Å². The highest BCUT2D eigenvalue weighted by Crippen LogP contribution is 2.27. The number of hydrogen-bond acceptors (Lipinski definition) is 6. The second-order valence-electron chi connectivity index (χ2n) is 6.92. The van der Waals surface area contributed by atoms with E-state index in [2.05, 4.69) is 21.2 Å². The first-order valence-electron chi connectivity index (χ1n) is 10.2. The zero-order valence-corrected chi connectivity index (χ0v) is 18.4. The Morgan fingerprint density at radius 2 is 1.78 bits per heavy atom. The van der Waals surface area contributed by atoms with Crippen LogP contribution in [0.15, 0.2) is 47.6 Å². The van der Waals surface area contributed by atoms with E-state index in [4.69, 9.17) is 9.47 Å². The Kier molecular flexibility index (Phi) is 9.70. The number of hydrazone groups is 1. The highest BCUT2D eigenvalue weighted by molar-refractivity contribution is 6.35. The summed E-state index contributed by atoms with van der Waals surface area (Å²) >= 11 is 0. The van der Waals surface area contributed by atoms with Gasteiger partial charge in [-0.1, -0.05) is 31.0 Å². The summed E-state index contributed by atoms with van der Waals surface area (Å²) in [5.41, 5.74) is 4.56. The second kappa shape index (κ2) is 12.7. The summed E-state index contributed by atoms with van der Waals surface area (Å²) in [5.74, 6) is -1.12. The molecule has 0 aromatic heterocycles. The highest BCUT2D eigenvalue weighted by atomic mass is 16.5. The van der Waals surface area contributed by atoms with Crippen molar-refractivity contribution in [3.05, 3.63) is 53.6 Å². The van der Waals surface area contributed by atoms with E-state index in [1.165, 1.54) is 13.3 Å². The summed E-state index contributed by atoms with van der Waals surface area (Å²) in [7, 11) is 1.47. The lowest BCUT2D eigenvalue weighted by molar-refractivity contribution is -0.139. The van der Waals surface area contributed by atoms with Gasteiger partial charge in [-0.2, -0.15) is 5.10 Å². The number of benzene rings is 2. The molecular weight excluding hydrogens is 412 g/mol. The summed E-state index contributed by atoms with van der Waals surface area (Å²) in [4.78, 5) is 35.4. The van der Waals surface area contributed by atoms with Crippen LogP contribution < -0.4 is 25.5 Å². The summed E-state index contributed by atoms with van der Waals surface area (Å²) in [6.07, 6.45) is 3.08. The minimum Gasteiger partial charge on any atom is -0.493 e. The van der Waals surface area contributed by atoms with Crippen LogP contribution in [-0.2, 0) is 14.4 Å². The van der Waals surface area contributed by atoms with Gasteiger partial charge < -0.3 is 20.1 Å². The molecule has 32 heavy (non-hydrogen) atoms. The van der Waals surface area contributed by atoms with E-state index in [1.54, 1.807) is 18.2 Å². The molecular formula is C23H28N4O5. The van der Waals surface area contributed by atoms with Gasteiger partial charge in [0.25, 0.3) is 5.91 Å². The fraction of sp³-hybridized carbons (Fsp3) is 0.304. The lowest BCUT2D eigenvalue weighted by Gasteiger charge is -2.11. The number of carbonyl (C=O) groups excluding carboxylic acids is 3. The van der Waals surface area contributed by atoms with E-state index in [0.717, 1.165) is 18.4 Å². The Morgan fingerprint density at radius 1 is 1.03 bits per heavy atom. The van der Waals surface area contributed by atoms with E-state index in [9.17, 15) is 14.4 Å². The van der Waals surface area contributed by atoms with Crippen molar-refractivity contribution in [1.29, 1.82) is 0 Å². The number of nitrogens with zero attached hydrogens (tertiary/aromatic N) is 1. The number of hydrogen-bond donors (Lipinski definition) is 3. The predicted octanol–water partition coefficient (Wildman–Crippen LogP) is 2.39. The third-order valence-electron chi connectivity index (χ3n) is 4.28. The van der Waals surface area contributed by atoms with Crippen LogP contribution in [0.3, 0.4) is 0 Å². The first-order chi connectivity index (χ1) is 15.4. The molecule has 2 aromatic carbocycles. The lowest BCUT2D eigenvalue weighted by Crippen LogP contribution is -2.38. The summed E-state index contributed by atoms with van der Waals surface area (Å²) < 4.78 is 10.9. The zero-order chi connectivity index (χ0) is 23.3. The van der Waals surface area contributed by atoms with Gasteiger partial charge in [-0.15, -0.1) is 0 Å². The molecule has 9 nitrogen and oxygen atoms in total. The number of rotatable bonds is 10. The minimum atomic E-state index is -0.844. The summed E-state index contributed by atoms with van der Waals surface area (Å²) in [5, 5.41) is 9.03. The zero-order valence-electron chi connectivity index (χ0n) is 18.4. The van der Waals surface area contributed by atoms with Gasteiger partial charge in [0, 0.05) is 12.2 Å². The normalized spacial score (nSPS) is 10.5. The largest absolute Gasteiger partial charge is 0.493 e. The molecule has 0 bridgehead atoms. The molecule has 0 saturated carbocycles. The SMILES string of the molecule is CCCCNC(=O)C(=O)N/N=C\c1ccc(OCC(=O)Nc2ccc(C)cc2)c(OC)c1. The van der Waals surface area contributed by atoms with Crippen LogP contribution in [0, 0.1) is 6.92 Å². The molecule has 0 aliphatic rings. The van der Waals surface area contributed by atoms with E-state index in [-0.39, 0.29) is 12.5 Å². The van der Waals surface area contributed by atoms with Gasteiger partial charge in [0.1, 0.15) is 0 Å². The van der Waals surface area contributed by atoms with Crippen LogP contribution >= 0.6 is 0 Å². The molecule has 2 rings (SSSR count). The molecule has 0 fully saturated rings. The van der Waals surface area contributed by atoms with Crippen molar-refractivity contribution in [2.24, 2.45) is 5.10 Å². The van der Waals surface area contributed by atoms with Crippen molar-refractivity contribution >= 4 is 29.6 Å². The standard InChI is InChI=1S/C23H28N4O5/c1-4-5-12-24-22(29)23(30)27-25-14-17-8-11-19(20(13-17)31-3)32-15-21(28)26-18-9-6-16(2)7-10-18/h6-11,13-14H,4-5,12,15H2,1-3H3,(H,24,29)(H,26,28)(H,27,30)/b25-14-. The maximum Gasteiger partial charge on any atom is 0.329 e. The molecule has 170 valence electrons. The molecule has 3 N–H and O–H groups in total. The number of nitrogens with one attached hydrogen (secondary N) is 3. The van der Waals surface area contributed by atoms with E-state index >= 15 is 0 Å². The number of carbonyl (C=O) groups is 3. The molecule has 2 aromatic rings. The summed E-state index contributed by atoms with van der Waals surface area (Å²) in [6, 6.07) is 12.4. The van der Waals surface area contributed by atoms with E-state index < -0.39 is 11.8 Å². The molecule has 9 heteroatoms. The van der Waals surface area contributed by atoms with Gasteiger partial charge in [0.05, 0.1) is 13.3 Å². The Morgan fingerprint density at radius 3 is 2.47 bits per heavy atom.